The van der Waals surface area contributed by atoms with Crippen LogP contribution >= 0.6 is 11.3 Å². The lowest BCUT2D eigenvalue weighted by Crippen LogP contribution is -2.39. The van der Waals surface area contributed by atoms with Crippen molar-refractivity contribution in [3.05, 3.63) is 51.6 Å². The standard InChI is InChI=1S/C20H25NO3S/c1-14-7-11-24-18(14)17(19-15(2)8-12-25-19)6-4-10-21-9-3-5-16(13-21)20(22)23/h6-8,11-12,16H,3-5,9-10,13H2,1-2H3,(H,22,23). The molecule has 1 N–H and O–H groups in total. The lowest BCUT2D eigenvalue weighted by molar-refractivity contribution is -0.143. The van der Waals surface area contributed by atoms with Crippen LogP contribution in [0.1, 0.15) is 41.0 Å². The van der Waals surface area contributed by atoms with Crippen molar-refractivity contribution in [1.82, 2.24) is 4.90 Å². The monoisotopic (exact) mass is 359 g/mol. The van der Waals surface area contributed by atoms with Gasteiger partial charge in [-0.3, -0.25) is 4.79 Å². The number of piperidine rings is 1. The van der Waals surface area contributed by atoms with Crippen molar-refractivity contribution in [3.63, 3.8) is 0 Å². The Balaban J connectivity index is 1.73. The molecule has 4 nitrogen and oxygen atoms in total. The Hall–Kier alpha value is -1.85. The number of nitrogens with zero attached hydrogens (tertiary/aromatic N) is 1. The third-order valence-corrected chi connectivity index (χ3v) is 5.91. The summed E-state index contributed by atoms with van der Waals surface area (Å²) in [5.74, 6) is 0.0537. The fourth-order valence-corrected chi connectivity index (χ4v) is 4.40. The highest BCUT2D eigenvalue weighted by atomic mass is 32.1. The molecular weight excluding hydrogens is 334 g/mol. The van der Waals surface area contributed by atoms with Gasteiger partial charge in [-0.1, -0.05) is 6.08 Å². The van der Waals surface area contributed by atoms with E-state index >= 15 is 0 Å². The molecule has 0 bridgehead atoms. The zero-order valence-corrected chi connectivity index (χ0v) is 15.6. The van der Waals surface area contributed by atoms with E-state index in [9.17, 15) is 9.90 Å². The first-order valence-corrected chi connectivity index (χ1v) is 9.68. The number of aryl methyl sites for hydroxylation is 2. The average Bonchev–Trinajstić information content (AvgIpc) is 3.21. The summed E-state index contributed by atoms with van der Waals surface area (Å²) in [4.78, 5) is 14.7. The first-order valence-electron chi connectivity index (χ1n) is 8.80. The molecule has 0 radical (unpaired) electrons. The molecule has 1 unspecified atom stereocenters. The van der Waals surface area contributed by atoms with Crippen LogP contribution in [0.4, 0.5) is 0 Å². The topological polar surface area (TPSA) is 53.7 Å². The Bertz CT molecular complexity index is 716. The average molecular weight is 359 g/mol. The minimum Gasteiger partial charge on any atom is -0.481 e. The zero-order chi connectivity index (χ0) is 17.8. The van der Waals surface area contributed by atoms with Crippen LogP contribution in [0.2, 0.25) is 0 Å². The maximum absolute atomic E-state index is 11.2. The largest absolute Gasteiger partial charge is 0.481 e. The molecule has 1 fully saturated rings. The molecule has 0 amide bonds. The zero-order valence-electron chi connectivity index (χ0n) is 14.8. The summed E-state index contributed by atoms with van der Waals surface area (Å²) in [5, 5.41) is 11.3. The lowest BCUT2D eigenvalue weighted by atomic mass is 9.98. The number of carbonyl (C=O) groups is 1. The van der Waals surface area contributed by atoms with E-state index in [1.807, 2.05) is 6.07 Å². The van der Waals surface area contributed by atoms with E-state index in [0.29, 0.717) is 6.54 Å². The molecule has 134 valence electrons. The van der Waals surface area contributed by atoms with Crippen molar-refractivity contribution in [2.75, 3.05) is 19.6 Å². The van der Waals surface area contributed by atoms with Gasteiger partial charge in [0, 0.05) is 23.5 Å². The van der Waals surface area contributed by atoms with Crippen LogP contribution in [-0.4, -0.2) is 35.6 Å². The van der Waals surface area contributed by atoms with Crippen LogP contribution in [0.3, 0.4) is 0 Å². The molecule has 2 aromatic heterocycles. The molecule has 2 aromatic rings. The third kappa shape index (κ3) is 4.22. The van der Waals surface area contributed by atoms with Crippen molar-refractivity contribution in [3.8, 4) is 0 Å². The van der Waals surface area contributed by atoms with E-state index in [1.54, 1.807) is 17.6 Å². The van der Waals surface area contributed by atoms with E-state index in [0.717, 1.165) is 49.2 Å². The minimum atomic E-state index is -0.665. The Morgan fingerprint density at radius 1 is 1.40 bits per heavy atom. The molecule has 25 heavy (non-hydrogen) atoms. The predicted octanol–water partition coefficient (Wildman–Crippen LogP) is 4.58. The smallest absolute Gasteiger partial charge is 0.307 e. The van der Waals surface area contributed by atoms with Gasteiger partial charge in [-0.25, -0.2) is 0 Å². The summed E-state index contributed by atoms with van der Waals surface area (Å²) in [6.45, 7) is 6.73. The highest BCUT2D eigenvalue weighted by Crippen LogP contribution is 2.33. The van der Waals surface area contributed by atoms with Gasteiger partial charge in [0.15, 0.2) is 0 Å². The highest BCUT2D eigenvalue weighted by Gasteiger charge is 2.24. The van der Waals surface area contributed by atoms with Gasteiger partial charge in [-0.15, -0.1) is 11.3 Å². The van der Waals surface area contributed by atoms with Crippen molar-refractivity contribution >= 4 is 22.9 Å². The molecule has 0 aliphatic carbocycles. The van der Waals surface area contributed by atoms with Crippen molar-refractivity contribution < 1.29 is 14.3 Å². The van der Waals surface area contributed by atoms with Crippen LogP contribution in [0.5, 0.6) is 0 Å². The van der Waals surface area contributed by atoms with Crippen LogP contribution in [0.15, 0.2) is 34.3 Å². The van der Waals surface area contributed by atoms with Crippen LogP contribution in [0, 0.1) is 19.8 Å². The van der Waals surface area contributed by atoms with Gasteiger partial charge in [0.1, 0.15) is 5.76 Å². The second-order valence-corrected chi connectivity index (χ2v) is 7.67. The van der Waals surface area contributed by atoms with Gasteiger partial charge in [-0.2, -0.15) is 0 Å². The van der Waals surface area contributed by atoms with Crippen molar-refractivity contribution in [2.24, 2.45) is 5.92 Å². The van der Waals surface area contributed by atoms with E-state index in [2.05, 4.69) is 36.3 Å². The number of rotatable bonds is 6. The van der Waals surface area contributed by atoms with Crippen molar-refractivity contribution in [2.45, 2.75) is 33.1 Å². The van der Waals surface area contributed by atoms with Gasteiger partial charge in [-0.05, 0) is 68.3 Å². The first kappa shape index (κ1) is 18.0. The van der Waals surface area contributed by atoms with E-state index in [1.165, 1.54) is 10.4 Å². The Morgan fingerprint density at radius 3 is 2.88 bits per heavy atom. The Labute approximate surface area is 152 Å². The summed E-state index contributed by atoms with van der Waals surface area (Å²) < 4.78 is 5.74. The Kier molecular flexibility index (Phi) is 5.76. The molecular formula is C20H25NO3S. The summed E-state index contributed by atoms with van der Waals surface area (Å²) in [6.07, 6.45) is 6.64. The van der Waals surface area contributed by atoms with Crippen LogP contribution < -0.4 is 0 Å². The molecule has 1 saturated heterocycles. The van der Waals surface area contributed by atoms with E-state index in [-0.39, 0.29) is 5.92 Å². The number of carboxylic acid groups (broad SMARTS) is 1. The van der Waals surface area contributed by atoms with Gasteiger partial charge >= 0.3 is 5.97 Å². The maximum atomic E-state index is 11.2. The molecule has 0 aromatic carbocycles. The number of hydrogen-bond donors (Lipinski definition) is 1. The SMILES string of the molecule is Cc1ccoc1C(=CCCN1CCCC(C(=O)O)C1)c1sccc1C. The fraction of sp³-hybridized carbons (Fsp3) is 0.450. The maximum Gasteiger partial charge on any atom is 0.307 e. The normalized spacial score (nSPS) is 19.3. The third-order valence-electron chi connectivity index (χ3n) is 4.86. The van der Waals surface area contributed by atoms with Crippen LogP contribution in [0.25, 0.3) is 5.57 Å². The first-order chi connectivity index (χ1) is 12.1. The predicted molar refractivity (Wildman–Crippen MR) is 101 cm³/mol. The Morgan fingerprint density at radius 2 is 2.24 bits per heavy atom. The summed E-state index contributed by atoms with van der Waals surface area (Å²) in [5.41, 5.74) is 3.56. The number of thiophene rings is 1. The van der Waals surface area contributed by atoms with Crippen LogP contribution in [-0.2, 0) is 4.79 Å². The van der Waals surface area contributed by atoms with E-state index in [4.69, 9.17) is 4.42 Å². The van der Waals surface area contributed by atoms with Gasteiger partial charge in [0.05, 0.1) is 12.2 Å². The molecule has 0 saturated carbocycles. The number of aliphatic carboxylic acids is 1. The molecule has 1 atom stereocenters. The van der Waals surface area contributed by atoms with E-state index < -0.39 is 5.97 Å². The highest BCUT2D eigenvalue weighted by molar-refractivity contribution is 7.11. The summed E-state index contributed by atoms with van der Waals surface area (Å²) in [6, 6.07) is 4.13. The number of furan rings is 1. The second-order valence-electron chi connectivity index (χ2n) is 6.75. The van der Waals surface area contributed by atoms with Gasteiger partial charge in [0.25, 0.3) is 0 Å². The molecule has 1 aliphatic rings. The molecule has 3 rings (SSSR count). The van der Waals surface area contributed by atoms with Gasteiger partial charge in [0.2, 0.25) is 0 Å². The number of carboxylic acids is 1. The molecule has 1 aliphatic heterocycles. The second kappa shape index (κ2) is 8.02. The fourth-order valence-electron chi connectivity index (χ4n) is 3.44. The van der Waals surface area contributed by atoms with Crippen molar-refractivity contribution in [1.29, 1.82) is 0 Å². The summed E-state index contributed by atoms with van der Waals surface area (Å²) in [7, 11) is 0. The number of likely N-dealkylation sites (tertiary alicyclic amines) is 1. The minimum absolute atomic E-state index is 0.218. The number of hydrogen-bond acceptors (Lipinski definition) is 4. The lowest BCUT2D eigenvalue weighted by Gasteiger charge is -2.30. The van der Waals surface area contributed by atoms with Gasteiger partial charge < -0.3 is 14.4 Å². The molecule has 5 heteroatoms. The molecule has 0 spiro atoms. The quantitative estimate of drug-likeness (QED) is 0.820. The summed E-state index contributed by atoms with van der Waals surface area (Å²) >= 11 is 1.74. The molecule has 3 heterocycles.